The summed E-state index contributed by atoms with van der Waals surface area (Å²) in [4.78, 5) is 15.3. The van der Waals surface area contributed by atoms with Crippen LogP contribution in [0.1, 0.15) is 22.4 Å². The van der Waals surface area contributed by atoms with Gasteiger partial charge >= 0.3 is 0 Å². The Labute approximate surface area is 168 Å². The van der Waals surface area contributed by atoms with E-state index in [1.807, 2.05) is 48.5 Å². The minimum atomic E-state index is -0.655. The van der Waals surface area contributed by atoms with Crippen LogP contribution in [0.3, 0.4) is 0 Å². The summed E-state index contributed by atoms with van der Waals surface area (Å²) in [6.45, 7) is 4.04. The molecule has 3 aromatic rings. The van der Waals surface area contributed by atoms with Crippen LogP contribution in [-0.4, -0.2) is 17.9 Å². The number of nitriles is 1. The summed E-state index contributed by atoms with van der Waals surface area (Å²) in [7, 11) is 1.74. The first-order valence-electron chi connectivity index (χ1n) is 8.92. The van der Waals surface area contributed by atoms with E-state index in [9.17, 15) is 10.1 Å². The summed E-state index contributed by atoms with van der Waals surface area (Å²) in [5.74, 6) is 0.607. The lowest BCUT2D eigenvalue weighted by atomic mass is 9.82. The molecule has 1 N–H and O–H groups in total. The second-order valence-electron chi connectivity index (χ2n) is 6.86. The van der Waals surface area contributed by atoms with Crippen molar-refractivity contribution in [1.29, 1.82) is 5.26 Å². The largest absolute Gasteiger partial charge is 0.357 e. The summed E-state index contributed by atoms with van der Waals surface area (Å²) < 4.78 is 0. The average molecular weight is 385 g/mol. The first-order valence-corrected chi connectivity index (χ1v) is 9.80. The second-order valence-corrected chi connectivity index (χ2v) is 7.78. The standard InChI is InChI=1S/C23H19N3OS/c1-16-25-23(13-22(27)26(16)2,20-9-4-3-5-10-20)21-12-19(15-28-21)18-8-6-7-17(11-18)14-24/h3-12,15,25H,1,13H2,2H3. The Morgan fingerprint density at radius 1 is 1.14 bits per heavy atom. The molecular formula is C23H19N3OS. The summed E-state index contributed by atoms with van der Waals surface area (Å²) in [5.41, 5.74) is 3.02. The molecule has 0 saturated carbocycles. The Morgan fingerprint density at radius 3 is 2.64 bits per heavy atom. The zero-order valence-electron chi connectivity index (χ0n) is 15.5. The van der Waals surface area contributed by atoms with Crippen molar-refractivity contribution >= 4 is 17.2 Å². The van der Waals surface area contributed by atoms with Crippen LogP contribution in [0.4, 0.5) is 0 Å². The summed E-state index contributed by atoms with van der Waals surface area (Å²) >= 11 is 1.61. The van der Waals surface area contributed by atoms with Gasteiger partial charge in [0.2, 0.25) is 5.91 Å². The highest BCUT2D eigenvalue weighted by molar-refractivity contribution is 7.10. The summed E-state index contributed by atoms with van der Waals surface area (Å²) in [6.07, 6.45) is 0.310. The quantitative estimate of drug-likeness (QED) is 0.724. The van der Waals surface area contributed by atoms with E-state index in [2.05, 4.69) is 29.4 Å². The van der Waals surface area contributed by atoms with Crippen LogP contribution in [0.25, 0.3) is 11.1 Å². The number of carbonyl (C=O) groups excluding carboxylic acids is 1. The zero-order valence-corrected chi connectivity index (χ0v) is 16.3. The van der Waals surface area contributed by atoms with Gasteiger partial charge in [-0.1, -0.05) is 49.0 Å². The molecule has 0 bridgehead atoms. The van der Waals surface area contributed by atoms with Crippen LogP contribution < -0.4 is 5.32 Å². The average Bonchev–Trinajstić information content (AvgIpc) is 3.23. The highest BCUT2D eigenvalue weighted by Gasteiger charge is 2.43. The molecule has 2 heterocycles. The molecule has 0 spiro atoms. The smallest absolute Gasteiger partial charge is 0.230 e. The molecule has 4 rings (SSSR count). The van der Waals surface area contributed by atoms with Crippen molar-refractivity contribution in [3.8, 4) is 17.2 Å². The highest BCUT2D eigenvalue weighted by Crippen LogP contribution is 2.42. The van der Waals surface area contributed by atoms with Gasteiger partial charge in [-0.25, -0.2) is 0 Å². The molecule has 28 heavy (non-hydrogen) atoms. The molecular weight excluding hydrogens is 366 g/mol. The Bertz CT molecular complexity index is 1080. The van der Waals surface area contributed by atoms with Crippen LogP contribution in [0, 0.1) is 11.3 Å². The first kappa shape index (κ1) is 18.0. The fourth-order valence-electron chi connectivity index (χ4n) is 3.54. The highest BCUT2D eigenvalue weighted by atomic mass is 32.1. The van der Waals surface area contributed by atoms with Gasteiger partial charge in [-0.2, -0.15) is 5.26 Å². The molecule has 1 aromatic heterocycles. The van der Waals surface area contributed by atoms with Crippen molar-refractivity contribution in [2.45, 2.75) is 12.0 Å². The Morgan fingerprint density at radius 2 is 1.93 bits per heavy atom. The van der Waals surface area contributed by atoms with Gasteiger partial charge in [-0.3, -0.25) is 4.79 Å². The SMILES string of the molecule is C=C1NC(c2ccccc2)(c2cc(-c3cccc(C#N)c3)cs2)CC(=O)N1C. The lowest BCUT2D eigenvalue weighted by Crippen LogP contribution is -2.54. The number of rotatable bonds is 3. The number of hydrogen-bond donors (Lipinski definition) is 1. The molecule has 1 saturated heterocycles. The van der Waals surface area contributed by atoms with Crippen molar-refractivity contribution in [2.24, 2.45) is 0 Å². The number of hydrogen-bond acceptors (Lipinski definition) is 4. The normalized spacial score (nSPS) is 19.2. The van der Waals surface area contributed by atoms with Gasteiger partial charge < -0.3 is 10.2 Å². The maximum Gasteiger partial charge on any atom is 0.230 e. The van der Waals surface area contributed by atoms with Crippen LogP contribution >= 0.6 is 11.3 Å². The molecule has 5 heteroatoms. The number of amides is 1. The van der Waals surface area contributed by atoms with Gasteiger partial charge in [0.25, 0.3) is 0 Å². The number of nitrogens with one attached hydrogen (secondary N) is 1. The van der Waals surface area contributed by atoms with E-state index < -0.39 is 5.54 Å². The van der Waals surface area contributed by atoms with Crippen molar-refractivity contribution in [1.82, 2.24) is 10.2 Å². The monoisotopic (exact) mass is 385 g/mol. The minimum absolute atomic E-state index is 0.0223. The van der Waals surface area contributed by atoms with E-state index in [1.54, 1.807) is 29.4 Å². The second kappa shape index (κ2) is 6.99. The molecule has 1 unspecified atom stereocenters. The Balaban J connectivity index is 1.83. The van der Waals surface area contributed by atoms with Crippen LogP contribution in [0.2, 0.25) is 0 Å². The van der Waals surface area contributed by atoms with Crippen molar-refractivity contribution in [3.05, 3.63) is 94.4 Å². The third-order valence-electron chi connectivity index (χ3n) is 5.16. The predicted octanol–water partition coefficient (Wildman–Crippen LogP) is 4.45. The number of benzene rings is 2. The van der Waals surface area contributed by atoms with Crippen LogP contribution in [0.5, 0.6) is 0 Å². The van der Waals surface area contributed by atoms with Gasteiger partial charge in [0.15, 0.2) is 0 Å². The first-order chi connectivity index (χ1) is 13.5. The van der Waals surface area contributed by atoms with Gasteiger partial charge in [0, 0.05) is 11.9 Å². The van der Waals surface area contributed by atoms with E-state index in [0.717, 1.165) is 21.6 Å². The Hall–Kier alpha value is -3.36. The molecule has 1 atom stereocenters. The third-order valence-corrected chi connectivity index (χ3v) is 6.26. The molecule has 1 aliphatic heterocycles. The fraction of sp³-hybridized carbons (Fsp3) is 0.130. The van der Waals surface area contributed by atoms with Crippen molar-refractivity contribution < 1.29 is 4.79 Å². The maximum atomic E-state index is 12.7. The van der Waals surface area contributed by atoms with E-state index in [-0.39, 0.29) is 5.91 Å². The number of thiophene rings is 1. The lowest BCUT2D eigenvalue weighted by molar-refractivity contribution is -0.131. The van der Waals surface area contributed by atoms with Crippen LogP contribution in [-0.2, 0) is 10.3 Å². The fourth-order valence-corrected chi connectivity index (χ4v) is 4.63. The molecule has 4 nitrogen and oxygen atoms in total. The molecule has 0 aliphatic carbocycles. The third kappa shape index (κ3) is 2.98. The Kier molecular flexibility index (Phi) is 4.50. The van der Waals surface area contributed by atoms with Gasteiger partial charge in [-0.05, 0) is 40.3 Å². The molecule has 2 aromatic carbocycles. The zero-order chi connectivity index (χ0) is 19.7. The minimum Gasteiger partial charge on any atom is -0.357 e. The molecule has 1 fully saturated rings. The van der Waals surface area contributed by atoms with Crippen molar-refractivity contribution in [3.63, 3.8) is 0 Å². The maximum absolute atomic E-state index is 12.7. The molecule has 0 radical (unpaired) electrons. The van der Waals surface area contributed by atoms with E-state index in [0.29, 0.717) is 17.8 Å². The predicted molar refractivity (Wildman–Crippen MR) is 111 cm³/mol. The van der Waals surface area contributed by atoms with E-state index in [1.165, 1.54) is 0 Å². The van der Waals surface area contributed by atoms with Crippen molar-refractivity contribution in [2.75, 3.05) is 7.05 Å². The van der Waals surface area contributed by atoms with Gasteiger partial charge in [-0.15, -0.1) is 11.3 Å². The molecule has 1 amide bonds. The molecule has 138 valence electrons. The van der Waals surface area contributed by atoms with Gasteiger partial charge in [0.05, 0.1) is 18.1 Å². The number of nitrogens with zero attached hydrogens (tertiary/aromatic N) is 2. The number of carbonyl (C=O) groups is 1. The summed E-state index contributed by atoms with van der Waals surface area (Å²) in [6, 6.07) is 21.9. The summed E-state index contributed by atoms with van der Waals surface area (Å²) in [5, 5.41) is 14.8. The molecule has 1 aliphatic rings. The lowest BCUT2D eigenvalue weighted by Gasteiger charge is -2.42. The van der Waals surface area contributed by atoms with E-state index >= 15 is 0 Å². The van der Waals surface area contributed by atoms with Crippen LogP contribution in [0.15, 0.2) is 78.4 Å². The van der Waals surface area contributed by atoms with E-state index in [4.69, 9.17) is 0 Å². The topological polar surface area (TPSA) is 56.1 Å². The van der Waals surface area contributed by atoms with Gasteiger partial charge in [0.1, 0.15) is 11.4 Å².